The van der Waals surface area contributed by atoms with Gasteiger partial charge in [-0.15, -0.1) is 0 Å². The van der Waals surface area contributed by atoms with E-state index < -0.39 is 58.5 Å². The molecule has 18 heteroatoms. The minimum absolute atomic E-state index is 0.0336. The van der Waals surface area contributed by atoms with E-state index in [4.69, 9.17) is 4.74 Å². The molecule has 0 bridgehead atoms. The lowest BCUT2D eigenvalue weighted by atomic mass is 9.81. The van der Waals surface area contributed by atoms with Crippen molar-refractivity contribution in [1.82, 2.24) is 10.6 Å². The van der Waals surface area contributed by atoms with Crippen LogP contribution in [0.15, 0.2) is 113 Å². The summed E-state index contributed by atoms with van der Waals surface area (Å²) in [5.41, 5.74) is 4.67. The fourth-order valence-electron chi connectivity index (χ4n) is 8.65. The molecule has 0 radical (unpaired) electrons. The number of benzene rings is 3. The zero-order valence-corrected chi connectivity index (χ0v) is 42.3. The molecule has 0 fully saturated rings. The lowest BCUT2D eigenvalue weighted by molar-refractivity contribution is -0.438. The number of carbonyl (C=O) groups is 3. The first-order chi connectivity index (χ1) is 31.8. The molecule has 4 N–H and O–H groups in total. The molecular weight excluding hydrogens is 929 g/mol. The number of anilines is 1. The third-order valence-corrected chi connectivity index (χ3v) is 14.6. The van der Waals surface area contributed by atoms with Crippen molar-refractivity contribution in [3.05, 3.63) is 119 Å². The molecule has 5 rings (SSSR count). The fraction of sp³-hybridized carbons (Fsp3) is 0.420. The van der Waals surface area contributed by atoms with Gasteiger partial charge in [0, 0.05) is 78.3 Å². The molecular formula is C50H65N4O11S3+. The maximum atomic E-state index is 12.9. The van der Waals surface area contributed by atoms with Crippen LogP contribution in [-0.2, 0) is 61.5 Å². The van der Waals surface area contributed by atoms with Crippen LogP contribution in [0.25, 0.3) is 0 Å². The maximum absolute atomic E-state index is 12.9. The van der Waals surface area contributed by atoms with Gasteiger partial charge in [0.2, 0.25) is 11.6 Å². The zero-order chi connectivity index (χ0) is 50.1. The third kappa shape index (κ3) is 13.9. The molecule has 368 valence electrons. The molecule has 2 aliphatic heterocycles. The summed E-state index contributed by atoms with van der Waals surface area (Å²) in [7, 11) is -11.3. The van der Waals surface area contributed by atoms with Crippen molar-refractivity contribution < 1.29 is 53.8 Å². The topological polar surface area (TPSA) is 217 Å². The summed E-state index contributed by atoms with van der Waals surface area (Å²) in [6.45, 7) is 11.6. The Morgan fingerprint density at radius 3 is 2.10 bits per heavy atom. The number of allylic oxidation sites excluding steroid dienone is 6. The molecule has 3 aromatic rings. The highest BCUT2D eigenvalue weighted by molar-refractivity contribution is 8.01. The maximum Gasteiger partial charge on any atom is 0.408 e. The molecule has 0 spiro atoms. The molecule has 0 saturated carbocycles. The molecule has 68 heavy (non-hydrogen) atoms. The van der Waals surface area contributed by atoms with Gasteiger partial charge in [0.1, 0.15) is 13.2 Å². The number of fused-ring (bicyclic) bond motifs is 2. The lowest BCUT2D eigenvalue weighted by Gasteiger charge is -2.25. The van der Waals surface area contributed by atoms with E-state index in [1.54, 1.807) is 12.1 Å². The van der Waals surface area contributed by atoms with E-state index in [0.717, 1.165) is 57.7 Å². The SMILES string of the molecule is CCN1/C(=C/C=C/C=C/C2=[N+](CCCCCC(=O)NCCCC[C@H](NC(=O)OCc3ccccc3)C(=O)C=S(C)(C)=O)c3ccc(S(=O)(=O)O)cc3C2(C)C)C(C)(C)c2cc(S(=O)(=O)O)ccc21. The number of amides is 2. The molecule has 0 aromatic heterocycles. The Hall–Kier alpha value is -5.40. The van der Waals surface area contributed by atoms with E-state index in [9.17, 15) is 44.5 Å². The average Bonchev–Trinajstić information content (AvgIpc) is 3.61. The van der Waals surface area contributed by atoms with Gasteiger partial charge in [-0.1, -0.05) is 62.4 Å². The summed E-state index contributed by atoms with van der Waals surface area (Å²) in [6.07, 6.45) is 15.5. The molecule has 15 nitrogen and oxygen atoms in total. The highest BCUT2D eigenvalue weighted by Crippen LogP contribution is 2.48. The number of ether oxygens (including phenoxy) is 1. The van der Waals surface area contributed by atoms with E-state index in [0.29, 0.717) is 45.3 Å². The Morgan fingerprint density at radius 2 is 1.46 bits per heavy atom. The van der Waals surface area contributed by atoms with Crippen LogP contribution >= 0.6 is 0 Å². The van der Waals surface area contributed by atoms with Crippen molar-refractivity contribution in [3.63, 3.8) is 0 Å². The minimum atomic E-state index is -4.45. The van der Waals surface area contributed by atoms with Gasteiger partial charge in [0.25, 0.3) is 20.2 Å². The van der Waals surface area contributed by atoms with E-state index in [1.165, 1.54) is 36.8 Å². The van der Waals surface area contributed by atoms with Gasteiger partial charge in [-0.2, -0.15) is 21.4 Å². The first-order valence-electron chi connectivity index (χ1n) is 22.6. The van der Waals surface area contributed by atoms with Crippen LogP contribution in [0.3, 0.4) is 0 Å². The summed E-state index contributed by atoms with van der Waals surface area (Å²) in [6, 6.07) is 17.4. The van der Waals surface area contributed by atoms with Crippen LogP contribution in [0.5, 0.6) is 0 Å². The Kier molecular flexibility index (Phi) is 17.6. The van der Waals surface area contributed by atoms with Crippen LogP contribution in [0.4, 0.5) is 16.2 Å². The summed E-state index contributed by atoms with van der Waals surface area (Å²) >= 11 is 0. The Balaban J connectivity index is 1.18. The number of hydrogen-bond acceptors (Lipinski definition) is 10. The van der Waals surface area contributed by atoms with Crippen LogP contribution in [0.1, 0.15) is 96.3 Å². The molecule has 1 atom stereocenters. The zero-order valence-electron chi connectivity index (χ0n) is 39.9. The Labute approximate surface area is 402 Å². The number of likely N-dealkylation sites (N-methyl/N-ethyl adjacent to an activating group) is 1. The van der Waals surface area contributed by atoms with E-state index in [1.807, 2.05) is 95.3 Å². The van der Waals surface area contributed by atoms with Crippen LogP contribution in [-0.4, -0.2) is 102 Å². The average molecular weight is 994 g/mol. The van der Waals surface area contributed by atoms with Gasteiger partial charge in [0.15, 0.2) is 11.5 Å². The van der Waals surface area contributed by atoms with Gasteiger partial charge in [-0.05, 0) is 110 Å². The highest BCUT2D eigenvalue weighted by atomic mass is 32.2. The normalized spacial score (nSPS) is 16.5. The van der Waals surface area contributed by atoms with E-state index >= 15 is 0 Å². The largest absolute Gasteiger partial charge is 0.445 e. The van der Waals surface area contributed by atoms with E-state index in [2.05, 4.69) is 20.1 Å². The van der Waals surface area contributed by atoms with Gasteiger partial charge in [-0.25, -0.2) is 4.79 Å². The number of nitrogens with one attached hydrogen (secondary N) is 2. The Morgan fingerprint density at radius 1 is 0.794 bits per heavy atom. The van der Waals surface area contributed by atoms with E-state index in [-0.39, 0.29) is 28.7 Å². The number of unbranched alkanes of at least 4 members (excludes halogenated alkanes) is 3. The summed E-state index contributed by atoms with van der Waals surface area (Å²) < 4.78 is 87.5. The van der Waals surface area contributed by atoms with Crippen molar-refractivity contribution in [2.45, 2.75) is 113 Å². The van der Waals surface area contributed by atoms with Gasteiger partial charge >= 0.3 is 6.09 Å². The van der Waals surface area contributed by atoms with Gasteiger partial charge in [0.05, 0.1) is 21.2 Å². The van der Waals surface area contributed by atoms with Crippen molar-refractivity contribution >= 4 is 70.0 Å². The van der Waals surface area contributed by atoms with Crippen molar-refractivity contribution in [2.75, 3.05) is 37.0 Å². The smallest absolute Gasteiger partial charge is 0.408 e. The van der Waals surface area contributed by atoms with Gasteiger partial charge < -0.3 is 20.3 Å². The van der Waals surface area contributed by atoms with Crippen LogP contribution < -0.4 is 15.5 Å². The number of ketones is 1. The number of nitrogens with zero attached hydrogens (tertiary/aromatic N) is 2. The molecule has 0 aliphatic carbocycles. The molecule has 0 unspecified atom stereocenters. The van der Waals surface area contributed by atoms with Crippen molar-refractivity contribution in [1.29, 1.82) is 0 Å². The number of hydrogen-bond donors (Lipinski definition) is 4. The fourth-order valence-corrected chi connectivity index (χ4v) is 10.4. The van der Waals surface area contributed by atoms with Crippen LogP contribution in [0, 0.1) is 0 Å². The number of Topliss-reactive ketones (excluding diaryl/α,β-unsaturated/α-hetero) is 1. The van der Waals surface area contributed by atoms with Gasteiger partial charge in [-0.3, -0.25) is 22.9 Å². The Bertz CT molecular complexity index is 2850. The molecule has 2 aliphatic rings. The van der Waals surface area contributed by atoms with Crippen molar-refractivity contribution in [2.24, 2.45) is 0 Å². The molecule has 2 amide bonds. The van der Waals surface area contributed by atoms with Crippen molar-refractivity contribution in [3.8, 4) is 0 Å². The second kappa shape index (κ2) is 22.4. The lowest BCUT2D eigenvalue weighted by Crippen LogP contribution is -2.42. The summed E-state index contributed by atoms with van der Waals surface area (Å²) in [5.74, 6) is -0.568. The second-order valence-corrected chi connectivity index (χ2v) is 24.1. The van der Waals surface area contributed by atoms with Crippen LogP contribution in [0.2, 0.25) is 0 Å². The summed E-state index contributed by atoms with van der Waals surface area (Å²) in [5, 5.41) is 6.68. The monoisotopic (exact) mass is 993 g/mol. The number of alkyl carbamates (subject to hydrolysis) is 1. The predicted molar refractivity (Wildman–Crippen MR) is 268 cm³/mol. The summed E-state index contributed by atoms with van der Waals surface area (Å²) in [4.78, 5) is 40.0. The molecule has 0 saturated heterocycles. The standard InChI is InChI=1S/C50H64N4O11S3/c1-8-53-42-28-26-37(67(59,60)61)32-39(42)49(2,3)45(53)23-14-10-15-24-46-50(4,5)40-33-38(68(62,63)64)27-29-43(40)54(46)31-19-11-16-25-47(56)51-30-18-17-22-41(44(55)35-66(6,7)58)52-48(57)65-34-36-20-12-9-13-21-36/h9-10,12-15,20-21,23-24,26-29,32-33,35,41H,8,11,16-19,22,25,30-31,34H2,1-7H3,(H3-,51,52,56,57,59,60,61,62,63,64)/p+1/t41-/m0/s1. The highest BCUT2D eigenvalue weighted by Gasteiger charge is 2.45. The first kappa shape index (κ1) is 53.6. The molecule has 2 heterocycles. The molecule has 3 aromatic carbocycles. The first-order valence-corrected chi connectivity index (χ1v) is 27.9. The number of rotatable bonds is 22. The number of carbonyl (C=O) groups excluding carboxylic acids is 3. The minimum Gasteiger partial charge on any atom is -0.445 e. The quantitative estimate of drug-likeness (QED) is 0.0254. The third-order valence-electron chi connectivity index (χ3n) is 12.1. The predicted octanol–water partition coefficient (Wildman–Crippen LogP) is 7.43. The second-order valence-electron chi connectivity index (χ2n) is 18.4.